The van der Waals surface area contributed by atoms with E-state index in [1.165, 1.54) is 0 Å². The largest absolute Gasteiger partial charge is 0.458 e. The minimum absolute atomic E-state index is 0.0739. The van der Waals surface area contributed by atoms with Gasteiger partial charge in [-0.2, -0.15) is 0 Å². The van der Waals surface area contributed by atoms with E-state index in [2.05, 4.69) is 0 Å². The molecule has 0 aromatic rings. The number of esters is 1. The quantitative estimate of drug-likeness (QED) is 0.165. The Balaban J connectivity index is 3.10. The molecule has 0 atom stereocenters. The lowest BCUT2D eigenvalue weighted by molar-refractivity contribution is -0.160. The maximum Gasteiger partial charge on any atom is 0.332 e. The molecule has 0 bridgehead atoms. The molecule has 0 saturated heterocycles. The third-order valence-electron chi connectivity index (χ3n) is 3.30. The van der Waals surface area contributed by atoms with Crippen LogP contribution in [0.25, 0.3) is 0 Å². The number of ether oxygens (including phenoxy) is 9. The molecule has 0 aliphatic carbocycles. The van der Waals surface area contributed by atoms with E-state index >= 15 is 0 Å². The van der Waals surface area contributed by atoms with Crippen molar-refractivity contribution in [2.75, 3.05) is 106 Å². The Kier molecular flexibility index (Phi) is 21.7. The van der Waals surface area contributed by atoms with E-state index in [4.69, 9.17) is 42.6 Å². The van der Waals surface area contributed by atoms with Crippen molar-refractivity contribution in [1.29, 1.82) is 0 Å². The zero-order chi connectivity index (χ0) is 23.0. The maximum absolute atomic E-state index is 11.4. The van der Waals surface area contributed by atoms with Gasteiger partial charge in [-0.25, -0.2) is 4.79 Å². The molecule has 0 fully saturated rings. The number of carbonyl (C=O) groups is 1. The third-order valence-corrected chi connectivity index (χ3v) is 3.30. The molecule has 0 aromatic carbocycles. The molecule has 0 radical (unpaired) electrons. The first-order valence-electron chi connectivity index (χ1n) is 10.7. The van der Waals surface area contributed by atoms with Gasteiger partial charge in [0.25, 0.3) is 0 Å². The highest BCUT2D eigenvalue weighted by Crippen LogP contribution is 2.06. The van der Waals surface area contributed by atoms with E-state index in [1.807, 2.05) is 20.8 Å². The molecule has 0 unspecified atom stereocenters. The molecule has 0 aliphatic heterocycles. The fourth-order valence-electron chi connectivity index (χ4n) is 1.99. The predicted octanol–water partition coefficient (Wildman–Crippen LogP) is 1.09. The molecule has 0 N–H and O–H groups in total. The first kappa shape index (κ1) is 30.1. The van der Waals surface area contributed by atoms with Gasteiger partial charge in [0.05, 0.1) is 92.5 Å². The Morgan fingerprint density at radius 2 is 0.806 bits per heavy atom. The SMILES string of the molecule is COCCOCCOCCOCCOCCOCCOCCOCC(=O)OC(C)(C)C. The van der Waals surface area contributed by atoms with Crippen LogP contribution in [0.2, 0.25) is 0 Å². The molecular weight excluding hydrogens is 412 g/mol. The molecule has 10 nitrogen and oxygen atoms in total. The van der Waals surface area contributed by atoms with Crippen LogP contribution in [0.5, 0.6) is 0 Å². The van der Waals surface area contributed by atoms with Crippen LogP contribution < -0.4 is 0 Å². The summed E-state index contributed by atoms with van der Waals surface area (Å²) in [7, 11) is 1.64. The summed E-state index contributed by atoms with van der Waals surface area (Å²) in [5.41, 5.74) is -0.500. The summed E-state index contributed by atoms with van der Waals surface area (Å²) >= 11 is 0. The van der Waals surface area contributed by atoms with Gasteiger partial charge in [0.15, 0.2) is 0 Å². The Bertz CT molecular complexity index is 387. The van der Waals surface area contributed by atoms with Crippen molar-refractivity contribution in [2.24, 2.45) is 0 Å². The highest BCUT2D eigenvalue weighted by molar-refractivity contribution is 5.71. The first-order chi connectivity index (χ1) is 15.0. The number of hydrogen-bond acceptors (Lipinski definition) is 10. The molecule has 0 spiro atoms. The fraction of sp³-hybridized carbons (Fsp3) is 0.952. The lowest BCUT2D eigenvalue weighted by Crippen LogP contribution is -2.27. The van der Waals surface area contributed by atoms with E-state index in [1.54, 1.807) is 7.11 Å². The van der Waals surface area contributed by atoms with Gasteiger partial charge in [0, 0.05) is 7.11 Å². The van der Waals surface area contributed by atoms with Crippen LogP contribution in [0.3, 0.4) is 0 Å². The van der Waals surface area contributed by atoms with Crippen molar-refractivity contribution in [3.8, 4) is 0 Å². The summed E-state index contributed by atoms with van der Waals surface area (Å²) in [6, 6.07) is 0. The lowest BCUT2D eigenvalue weighted by atomic mass is 10.2. The second-order valence-corrected chi connectivity index (χ2v) is 7.31. The Morgan fingerprint density at radius 3 is 1.10 bits per heavy atom. The van der Waals surface area contributed by atoms with E-state index in [-0.39, 0.29) is 12.6 Å². The topological polar surface area (TPSA) is 100 Å². The van der Waals surface area contributed by atoms with Crippen LogP contribution in [-0.4, -0.2) is 118 Å². The van der Waals surface area contributed by atoms with E-state index in [9.17, 15) is 4.79 Å². The van der Waals surface area contributed by atoms with Crippen molar-refractivity contribution in [2.45, 2.75) is 26.4 Å². The smallest absolute Gasteiger partial charge is 0.332 e. The molecule has 0 aromatic heterocycles. The Morgan fingerprint density at radius 1 is 0.516 bits per heavy atom. The van der Waals surface area contributed by atoms with Crippen LogP contribution in [0.1, 0.15) is 20.8 Å². The van der Waals surface area contributed by atoms with Gasteiger partial charge in [-0.15, -0.1) is 0 Å². The zero-order valence-corrected chi connectivity index (χ0v) is 19.7. The summed E-state index contributed by atoms with van der Waals surface area (Å²) in [5, 5.41) is 0. The monoisotopic (exact) mass is 454 g/mol. The average molecular weight is 455 g/mol. The second-order valence-electron chi connectivity index (χ2n) is 7.31. The van der Waals surface area contributed by atoms with Crippen LogP contribution in [-0.2, 0) is 47.4 Å². The van der Waals surface area contributed by atoms with Crippen molar-refractivity contribution < 1.29 is 47.4 Å². The van der Waals surface area contributed by atoms with Crippen LogP contribution in [0.4, 0.5) is 0 Å². The molecule has 0 aliphatic rings. The zero-order valence-electron chi connectivity index (χ0n) is 19.7. The van der Waals surface area contributed by atoms with E-state index in [0.717, 1.165) is 0 Å². The minimum Gasteiger partial charge on any atom is -0.458 e. The van der Waals surface area contributed by atoms with Crippen molar-refractivity contribution >= 4 is 5.97 Å². The molecule has 0 rings (SSSR count). The van der Waals surface area contributed by atoms with Crippen molar-refractivity contribution in [3.05, 3.63) is 0 Å². The number of rotatable bonds is 23. The van der Waals surface area contributed by atoms with Gasteiger partial charge < -0.3 is 42.6 Å². The molecule has 10 heteroatoms. The van der Waals surface area contributed by atoms with E-state index < -0.39 is 5.60 Å². The number of hydrogen-bond donors (Lipinski definition) is 0. The third kappa shape index (κ3) is 27.1. The van der Waals surface area contributed by atoms with Gasteiger partial charge >= 0.3 is 5.97 Å². The number of methoxy groups -OCH3 is 1. The summed E-state index contributed by atoms with van der Waals surface area (Å²) in [6.45, 7) is 12.4. The van der Waals surface area contributed by atoms with Crippen molar-refractivity contribution in [1.82, 2.24) is 0 Å². The predicted molar refractivity (Wildman–Crippen MR) is 113 cm³/mol. The highest BCUT2D eigenvalue weighted by Gasteiger charge is 2.15. The lowest BCUT2D eigenvalue weighted by Gasteiger charge is -2.19. The molecule has 31 heavy (non-hydrogen) atoms. The molecular formula is C21H42O10. The summed E-state index contributed by atoms with van der Waals surface area (Å²) < 4.78 is 47.4. The summed E-state index contributed by atoms with van der Waals surface area (Å²) in [6.07, 6.45) is 0. The molecule has 186 valence electrons. The van der Waals surface area contributed by atoms with Gasteiger partial charge in [-0.3, -0.25) is 0 Å². The summed E-state index contributed by atoms with van der Waals surface area (Å²) in [5.74, 6) is -0.380. The molecule has 0 amide bonds. The normalized spacial score (nSPS) is 11.7. The average Bonchev–Trinajstić information content (AvgIpc) is 2.70. The van der Waals surface area contributed by atoms with Gasteiger partial charge in [0.1, 0.15) is 12.2 Å². The van der Waals surface area contributed by atoms with Gasteiger partial charge in [0.2, 0.25) is 0 Å². The van der Waals surface area contributed by atoms with Gasteiger partial charge in [-0.05, 0) is 20.8 Å². The van der Waals surface area contributed by atoms with Crippen molar-refractivity contribution in [3.63, 3.8) is 0 Å². The minimum atomic E-state index is -0.500. The standard InChI is InChI=1S/C21H42O10/c1-21(2,3)31-20(22)19-30-18-17-29-16-15-28-14-13-27-12-11-26-10-9-25-8-7-24-6-5-23-4/h5-19H2,1-4H3. The summed E-state index contributed by atoms with van der Waals surface area (Å²) in [4.78, 5) is 11.4. The van der Waals surface area contributed by atoms with Crippen LogP contribution in [0.15, 0.2) is 0 Å². The van der Waals surface area contributed by atoms with Gasteiger partial charge in [-0.1, -0.05) is 0 Å². The fourth-order valence-corrected chi connectivity index (χ4v) is 1.99. The molecule has 0 saturated carbocycles. The van der Waals surface area contributed by atoms with E-state index in [0.29, 0.717) is 92.5 Å². The first-order valence-corrected chi connectivity index (χ1v) is 10.7. The Labute approximate surface area is 186 Å². The number of carbonyl (C=O) groups excluding carboxylic acids is 1. The molecule has 0 heterocycles. The van der Waals surface area contributed by atoms with Crippen LogP contribution >= 0.6 is 0 Å². The Hall–Kier alpha value is -0.850. The van der Waals surface area contributed by atoms with Crippen LogP contribution in [0, 0.1) is 0 Å². The second kappa shape index (κ2) is 22.3. The highest BCUT2D eigenvalue weighted by atomic mass is 16.6. The maximum atomic E-state index is 11.4.